The van der Waals surface area contributed by atoms with E-state index in [-0.39, 0.29) is 0 Å². The zero-order valence-electron chi connectivity index (χ0n) is 11.7. The van der Waals surface area contributed by atoms with E-state index in [1.807, 2.05) is 24.3 Å². The molecule has 4 nitrogen and oxygen atoms in total. The number of fused-ring (bicyclic) bond motifs is 2. The lowest BCUT2D eigenvalue weighted by Gasteiger charge is -2.23. The van der Waals surface area contributed by atoms with Gasteiger partial charge in [-0.25, -0.2) is 4.79 Å². The van der Waals surface area contributed by atoms with Crippen LogP contribution in [0, 0.1) is 0 Å². The van der Waals surface area contributed by atoms with Crippen LogP contribution in [0.2, 0.25) is 0 Å². The van der Waals surface area contributed by atoms with Gasteiger partial charge in [0.2, 0.25) is 0 Å². The first-order valence-electron chi connectivity index (χ1n) is 6.44. The van der Waals surface area contributed by atoms with E-state index in [9.17, 15) is 9.35 Å². The van der Waals surface area contributed by atoms with Crippen molar-refractivity contribution in [2.45, 2.75) is 16.2 Å². The zero-order valence-corrected chi connectivity index (χ0v) is 12.5. The fraction of sp³-hybridized carbons (Fsp3) is 0.188. The Morgan fingerprint density at radius 3 is 2.67 bits per heavy atom. The van der Waals surface area contributed by atoms with Crippen LogP contribution in [0.1, 0.15) is 21.5 Å². The Hall–Kier alpha value is -1.98. The summed E-state index contributed by atoms with van der Waals surface area (Å²) in [6, 6.07) is 10.9. The molecule has 21 heavy (non-hydrogen) atoms. The first kappa shape index (κ1) is 14.0. The minimum Gasteiger partial charge on any atom is -0.606 e. The molecule has 5 heteroatoms. The van der Waals surface area contributed by atoms with E-state index in [2.05, 4.69) is 0 Å². The second kappa shape index (κ2) is 5.42. The van der Waals surface area contributed by atoms with Crippen molar-refractivity contribution in [1.29, 1.82) is 0 Å². The first-order chi connectivity index (χ1) is 10.2. The summed E-state index contributed by atoms with van der Waals surface area (Å²) in [5, 5.41) is 0. The third kappa shape index (κ3) is 2.28. The topological polar surface area (TPSA) is 58.6 Å². The van der Waals surface area contributed by atoms with Crippen molar-refractivity contribution in [1.82, 2.24) is 0 Å². The van der Waals surface area contributed by atoms with E-state index in [1.54, 1.807) is 12.1 Å². The summed E-state index contributed by atoms with van der Waals surface area (Å²) in [6.45, 7) is 0. The highest BCUT2D eigenvalue weighted by Crippen LogP contribution is 2.38. The molecular formula is C16H14O4S. The molecule has 1 heterocycles. The van der Waals surface area contributed by atoms with Crippen molar-refractivity contribution in [3.05, 3.63) is 53.1 Å². The number of rotatable bonds is 2. The predicted octanol–water partition coefficient (Wildman–Crippen LogP) is 2.55. The highest BCUT2D eigenvalue weighted by atomic mass is 32.2. The average Bonchev–Trinajstić information content (AvgIpc) is 2.53. The van der Waals surface area contributed by atoms with Crippen LogP contribution >= 0.6 is 0 Å². The fourth-order valence-electron chi connectivity index (χ4n) is 2.52. The van der Waals surface area contributed by atoms with Crippen molar-refractivity contribution in [3.8, 4) is 5.75 Å². The van der Waals surface area contributed by atoms with Gasteiger partial charge in [0.25, 0.3) is 0 Å². The Kier molecular flexibility index (Phi) is 3.61. The van der Waals surface area contributed by atoms with Gasteiger partial charge in [0.05, 0.1) is 19.8 Å². The van der Waals surface area contributed by atoms with E-state index in [4.69, 9.17) is 9.47 Å². The molecule has 0 saturated heterocycles. The first-order valence-corrected chi connectivity index (χ1v) is 7.59. The Labute approximate surface area is 125 Å². The number of carbonyl (C=O) groups is 1. The molecule has 1 aliphatic heterocycles. The molecule has 3 rings (SSSR count). The fourth-order valence-corrected chi connectivity index (χ4v) is 3.96. The predicted molar refractivity (Wildman–Crippen MR) is 78.3 cm³/mol. The minimum absolute atomic E-state index is 0.412. The summed E-state index contributed by atoms with van der Waals surface area (Å²) in [5.74, 6) is 0.0587. The van der Waals surface area contributed by atoms with Crippen LogP contribution in [-0.4, -0.2) is 24.7 Å². The van der Waals surface area contributed by atoms with E-state index >= 15 is 0 Å². The number of hydrogen-bond donors (Lipinski definition) is 0. The van der Waals surface area contributed by atoms with Gasteiger partial charge >= 0.3 is 5.97 Å². The molecule has 1 aliphatic rings. The maximum absolute atomic E-state index is 12.7. The van der Waals surface area contributed by atoms with Crippen molar-refractivity contribution < 1.29 is 18.8 Å². The van der Waals surface area contributed by atoms with Gasteiger partial charge in [0.1, 0.15) is 5.75 Å². The number of ether oxygens (including phenoxy) is 2. The molecule has 0 amide bonds. The van der Waals surface area contributed by atoms with Crippen LogP contribution in [0.4, 0.5) is 0 Å². The monoisotopic (exact) mass is 302 g/mol. The number of methoxy groups -OCH3 is 2. The summed E-state index contributed by atoms with van der Waals surface area (Å²) in [5.41, 5.74) is 2.13. The Morgan fingerprint density at radius 1 is 1.19 bits per heavy atom. The van der Waals surface area contributed by atoms with Gasteiger partial charge < -0.3 is 14.0 Å². The van der Waals surface area contributed by atoms with Gasteiger partial charge in [-0.2, -0.15) is 0 Å². The smallest absolute Gasteiger partial charge is 0.338 e. The van der Waals surface area contributed by atoms with E-state index in [0.29, 0.717) is 22.6 Å². The molecule has 1 unspecified atom stereocenters. The second-order valence-corrected chi connectivity index (χ2v) is 6.11. The Bertz CT molecular complexity index is 711. The van der Waals surface area contributed by atoms with E-state index in [1.165, 1.54) is 14.2 Å². The summed E-state index contributed by atoms with van der Waals surface area (Å²) < 4.78 is 22.8. The molecule has 0 radical (unpaired) electrons. The van der Waals surface area contributed by atoms with Crippen LogP contribution in [0.5, 0.6) is 5.75 Å². The van der Waals surface area contributed by atoms with Gasteiger partial charge in [0, 0.05) is 34.8 Å². The lowest BCUT2D eigenvalue weighted by Crippen LogP contribution is -2.18. The lowest BCUT2D eigenvalue weighted by molar-refractivity contribution is 0.0599. The summed E-state index contributed by atoms with van der Waals surface area (Å²) in [6.07, 6.45) is 0.561. The van der Waals surface area contributed by atoms with Gasteiger partial charge in [-0.15, -0.1) is 0 Å². The zero-order chi connectivity index (χ0) is 15.0. The van der Waals surface area contributed by atoms with Crippen LogP contribution in [-0.2, 0) is 22.3 Å². The highest BCUT2D eigenvalue weighted by molar-refractivity contribution is 7.91. The third-order valence-corrected chi connectivity index (χ3v) is 5.12. The molecule has 2 aromatic rings. The number of carbonyl (C=O) groups excluding carboxylic acids is 1. The molecule has 0 N–H and O–H groups in total. The van der Waals surface area contributed by atoms with E-state index < -0.39 is 17.1 Å². The number of esters is 1. The minimum atomic E-state index is -1.32. The summed E-state index contributed by atoms with van der Waals surface area (Å²) in [7, 11) is 2.85. The number of hydrogen-bond acceptors (Lipinski definition) is 4. The third-order valence-electron chi connectivity index (χ3n) is 3.56. The standard InChI is InChI=1S/C16H14O4S/c1-19-11-8-13(16(17)20-2)12-7-10-5-3-4-6-14(10)21(18)15(12)9-11/h3-6,8-9H,7H2,1-2H3. The van der Waals surface area contributed by atoms with Gasteiger partial charge in [-0.3, -0.25) is 0 Å². The van der Waals surface area contributed by atoms with Gasteiger partial charge in [-0.05, 0) is 12.1 Å². The summed E-state index contributed by atoms with van der Waals surface area (Å²) >= 11 is -1.32. The molecule has 2 aromatic carbocycles. The quantitative estimate of drug-likeness (QED) is 0.632. The lowest BCUT2D eigenvalue weighted by atomic mass is 9.98. The molecule has 0 saturated carbocycles. The Balaban J connectivity index is 2.21. The van der Waals surface area contributed by atoms with Gasteiger partial charge in [-0.1, -0.05) is 18.2 Å². The van der Waals surface area contributed by atoms with Crippen LogP contribution in [0.15, 0.2) is 46.2 Å². The molecule has 108 valence electrons. The molecule has 0 bridgehead atoms. The molecule has 0 fully saturated rings. The van der Waals surface area contributed by atoms with Crippen LogP contribution in [0.3, 0.4) is 0 Å². The van der Waals surface area contributed by atoms with Crippen molar-refractivity contribution >= 4 is 17.1 Å². The van der Waals surface area contributed by atoms with Crippen LogP contribution in [0.25, 0.3) is 0 Å². The number of benzene rings is 2. The maximum Gasteiger partial charge on any atom is 0.338 e. The normalized spacial score (nSPS) is 15.9. The van der Waals surface area contributed by atoms with Crippen molar-refractivity contribution in [3.63, 3.8) is 0 Å². The molecule has 1 atom stereocenters. The largest absolute Gasteiger partial charge is 0.606 e. The van der Waals surface area contributed by atoms with Crippen molar-refractivity contribution in [2.75, 3.05) is 14.2 Å². The average molecular weight is 302 g/mol. The van der Waals surface area contributed by atoms with Crippen LogP contribution < -0.4 is 4.74 Å². The molecular weight excluding hydrogens is 288 g/mol. The highest BCUT2D eigenvalue weighted by Gasteiger charge is 2.32. The Morgan fingerprint density at radius 2 is 1.95 bits per heavy atom. The van der Waals surface area contributed by atoms with Crippen molar-refractivity contribution in [2.24, 2.45) is 0 Å². The molecule has 0 spiro atoms. The van der Waals surface area contributed by atoms with Gasteiger partial charge in [0.15, 0.2) is 9.79 Å². The molecule has 0 aliphatic carbocycles. The summed E-state index contributed by atoms with van der Waals surface area (Å²) in [4.78, 5) is 13.4. The molecule has 0 aromatic heterocycles. The maximum atomic E-state index is 12.7. The van der Waals surface area contributed by atoms with E-state index in [0.717, 1.165) is 16.0 Å². The second-order valence-electron chi connectivity index (χ2n) is 4.70. The SMILES string of the molecule is COC(=O)c1cc(OC)cc2c1Cc1ccccc1[S+]2[O-].